The van der Waals surface area contributed by atoms with E-state index in [2.05, 4.69) is 24.4 Å². The molecule has 0 aliphatic heterocycles. The quantitative estimate of drug-likeness (QED) is 0.434. The summed E-state index contributed by atoms with van der Waals surface area (Å²) in [6, 6.07) is 15.7. The van der Waals surface area contributed by atoms with Crippen LogP contribution in [0, 0.1) is 5.82 Å². The number of carbonyl (C=O) groups is 2. The fourth-order valence-corrected chi connectivity index (χ4v) is 4.17. The number of nitrogens with one attached hydrogen (secondary N) is 1. The summed E-state index contributed by atoms with van der Waals surface area (Å²) in [6.07, 6.45) is 2.79. The van der Waals surface area contributed by atoms with Crippen molar-refractivity contribution in [2.24, 2.45) is 0 Å². The molecule has 2 rings (SSSR count). The van der Waals surface area contributed by atoms with Crippen LogP contribution in [-0.2, 0) is 21.9 Å². The first-order chi connectivity index (χ1) is 15.0. The molecular weight excluding hydrogens is 411 g/mol. The van der Waals surface area contributed by atoms with E-state index in [-0.39, 0.29) is 17.6 Å². The summed E-state index contributed by atoms with van der Waals surface area (Å²) in [4.78, 5) is 27.6. The maximum absolute atomic E-state index is 13.3. The van der Waals surface area contributed by atoms with Gasteiger partial charge in [0.05, 0.1) is 0 Å². The van der Waals surface area contributed by atoms with Crippen molar-refractivity contribution in [2.75, 3.05) is 12.3 Å². The lowest BCUT2D eigenvalue weighted by Crippen LogP contribution is -2.49. The molecule has 2 aromatic rings. The minimum atomic E-state index is -0.534. The molecule has 2 amide bonds. The van der Waals surface area contributed by atoms with Crippen molar-refractivity contribution in [1.82, 2.24) is 10.2 Å². The Balaban J connectivity index is 2.02. The largest absolute Gasteiger partial charge is 0.354 e. The third-order valence-corrected chi connectivity index (χ3v) is 6.08. The average Bonchev–Trinajstić information content (AvgIpc) is 2.78. The van der Waals surface area contributed by atoms with Crippen LogP contribution in [0.25, 0.3) is 0 Å². The molecule has 0 saturated carbocycles. The fourth-order valence-electron chi connectivity index (χ4n) is 3.28. The third kappa shape index (κ3) is 8.74. The maximum Gasteiger partial charge on any atom is 0.242 e. The number of hydrogen-bond acceptors (Lipinski definition) is 3. The number of thioether (sulfide) groups is 1. The highest BCUT2D eigenvalue weighted by atomic mass is 32.2. The number of benzene rings is 2. The Labute approximate surface area is 189 Å². The zero-order valence-electron chi connectivity index (χ0n) is 18.5. The molecule has 0 radical (unpaired) electrons. The van der Waals surface area contributed by atoms with Crippen LogP contribution in [0.4, 0.5) is 4.39 Å². The summed E-state index contributed by atoms with van der Waals surface area (Å²) < 4.78 is 13.3. The van der Waals surface area contributed by atoms with E-state index in [0.29, 0.717) is 31.7 Å². The lowest BCUT2D eigenvalue weighted by atomic mass is 10.1. The summed E-state index contributed by atoms with van der Waals surface area (Å²) >= 11 is 1.71. The molecule has 0 saturated heterocycles. The van der Waals surface area contributed by atoms with E-state index in [1.165, 1.54) is 17.7 Å². The Kier molecular flexibility index (Phi) is 11.1. The third-order valence-electron chi connectivity index (χ3n) is 5.05. The van der Waals surface area contributed by atoms with Crippen LogP contribution in [-0.4, -0.2) is 35.1 Å². The monoisotopic (exact) mass is 444 g/mol. The lowest BCUT2D eigenvalue weighted by Gasteiger charge is -2.30. The zero-order valence-corrected chi connectivity index (χ0v) is 19.3. The van der Waals surface area contributed by atoms with E-state index in [1.54, 1.807) is 28.8 Å². The predicted molar refractivity (Wildman–Crippen MR) is 126 cm³/mol. The van der Waals surface area contributed by atoms with Crippen LogP contribution in [0.2, 0.25) is 0 Å². The van der Waals surface area contributed by atoms with E-state index in [4.69, 9.17) is 0 Å². The first kappa shape index (κ1) is 24.9. The van der Waals surface area contributed by atoms with E-state index in [0.717, 1.165) is 24.2 Å². The lowest BCUT2D eigenvalue weighted by molar-refractivity contribution is -0.141. The number of rotatable bonds is 13. The smallest absolute Gasteiger partial charge is 0.242 e. The second-order valence-corrected chi connectivity index (χ2v) is 8.61. The van der Waals surface area contributed by atoms with Crippen LogP contribution in [0.1, 0.15) is 50.7 Å². The second-order valence-electron chi connectivity index (χ2n) is 7.50. The van der Waals surface area contributed by atoms with Gasteiger partial charge in [-0.15, -0.1) is 0 Å². The number of carbonyl (C=O) groups excluding carboxylic acids is 2. The van der Waals surface area contributed by atoms with Crippen molar-refractivity contribution < 1.29 is 14.0 Å². The maximum atomic E-state index is 13.3. The van der Waals surface area contributed by atoms with Crippen LogP contribution in [0.5, 0.6) is 0 Å². The minimum absolute atomic E-state index is 0.0534. The van der Waals surface area contributed by atoms with E-state index >= 15 is 0 Å². The van der Waals surface area contributed by atoms with Crippen LogP contribution >= 0.6 is 11.8 Å². The van der Waals surface area contributed by atoms with Gasteiger partial charge >= 0.3 is 0 Å². The van der Waals surface area contributed by atoms with Gasteiger partial charge in [0.2, 0.25) is 11.8 Å². The number of nitrogens with zero attached hydrogens (tertiary/aromatic N) is 1. The molecule has 1 N–H and O–H groups in total. The van der Waals surface area contributed by atoms with E-state index in [1.807, 2.05) is 25.1 Å². The van der Waals surface area contributed by atoms with Crippen molar-refractivity contribution in [1.29, 1.82) is 0 Å². The average molecular weight is 445 g/mol. The van der Waals surface area contributed by atoms with E-state index in [9.17, 15) is 14.0 Å². The molecule has 1 atom stereocenters. The molecule has 1 unspecified atom stereocenters. The molecule has 31 heavy (non-hydrogen) atoms. The molecule has 168 valence electrons. The Morgan fingerprint density at radius 1 is 1.03 bits per heavy atom. The van der Waals surface area contributed by atoms with Crippen molar-refractivity contribution in [2.45, 2.75) is 57.9 Å². The molecule has 0 aliphatic carbocycles. The highest BCUT2D eigenvalue weighted by molar-refractivity contribution is 7.98. The second kappa shape index (κ2) is 13.9. The van der Waals surface area contributed by atoms with Gasteiger partial charge in [-0.05, 0) is 36.1 Å². The topological polar surface area (TPSA) is 49.4 Å². The molecule has 2 aromatic carbocycles. The zero-order chi connectivity index (χ0) is 22.5. The summed E-state index contributed by atoms with van der Waals surface area (Å²) in [6.45, 7) is 4.89. The number of unbranched alkanes of at least 4 members (excludes halogenated alkanes) is 1. The first-order valence-corrected chi connectivity index (χ1v) is 12.1. The van der Waals surface area contributed by atoms with Crippen molar-refractivity contribution in [3.8, 4) is 0 Å². The molecule has 0 aromatic heterocycles. The Morgan fingerprint density at radius 3 is 2.39 bits per heavy atom. The number of halogens is 1. The summed E-state index contributed by atoms with van der Waals surface area (Å²) in [7, 11) is 0. The summed E-state index contributed by atoms with van der Waals surface area (Å²) in [5, 5.41) is 2.96. The van der Waals surface area contributed by atoms with Gasteiger partial charge in [-0.25, -0.2) is 4.39 Å². The Bertz CT molecular complexity index is 799. The Hall–Kier alpha value is -2.34. The molecule has 0 heterocycles. The minimum Gasteiger partial charge on any atom is -0.354 e. The predicted octanol–water partition coefficient (Wildman–Crippen LogP) is 5.17. The molecule has 0 spiro atoms. The normalized spacial score (nSPS) is 11.7. The van der Waals surface area contributed by atoms with Crippen LogP contribution < -0.4 is 5.32 Å². The molecular formula is C25H33FN2O2S. The molecule has 4 nitrogen and oxygen atoms in total. The SMILES string of the molecule is CCCCNC(=O)C(CC)N(Cc1ccc(F)cc1)C(=O)CCSCc1ccccc1. The standard InChI is InChI=1S/C25H33FN2O2S/c1-3-5-16-27-25(30)23(4-2)28(18-20-11-13-22(26)14-12-20)24(29)15-17-31-19-21-9-7-6-8-10-21/h6-14,23H,3-5,15-19H2,1-2H3,(H,27,30). The highest BCUT2D eigenvalue weighted by Crippen LogP contribution is 2.17. The van der Waals surface area contributed by atoms with Crippen molar-refractivity contribution in [3.63, 3.8) is 0 Å². The molecule has 6 heteroatoms. The van der Waals surface area contributed by atoms with Crippen molar-refractivity contribution in [3.05, 3.63) is 71.5 Å². The van der Waals surface area contributed by atoms with Gasteiger partial charge < -0.3 is 10.2 Å². The first-order valence-electron chi connectivity index (χ1n) is 11.0. The fraction of sp³-hybridized carbons (Fsp3) is 0.440. The molecule has 0 bridgehead atoms. The summed E-state index contributed by atoms with van der Waals surface area (Å²) in [5.41, 5.74) is 2.04. The Morgan fingerprint density at radius 2 is 1.74 bits per heavy atom. The van der Waals surface area contributed by atoms with E-state index < -0.39 is 6.04 Å². The van der Waals surface area contributed by atoms with Crippen LogP contribution in [0.15, 0.2) is 54.6 Å². The van der Waals surface area contributed by atoms with Gasteiger partial charge in [-0.2, -0.15) is 11.8 Å². The number of hydrogen-bond donors (Lipinski definition) is 1. The van der Waals surface area contributed by atoms with Crippen molar-refractivity contribution >= 4 is 23.6 Å². The van der Waals surface area contributed by atoms with Gasteiger partial charge in [-0.3, -0.25) is 9.59 Å². The van der Waals surface area contributed by atoms with Gasteiger partial charge in [0, 0.05) is 31.0 Å². The summed E-state index contributed by atoms with van der Waals surface area (Å²) in [5.74, 6) is 1.04. The highest BCUT2D eigenvalue weighted by Gasteiger charge is 2.28. The van der Waals surface area contributed by atoms with Gasteiger partial charge in [-0.1, -0.05) is 62.7 Å². The van der Waals surface area contributed by atoms with Gasteiger partial charge in [0.15, 0.2) is 0 Å². The number of amides is 2. The van der Waals surface area contributed by atoms with Crippen LogP contribution in [0.3, 0.4) is 0 Å². The van der Waals surface area contributed by atoms with Gasteiger partial charge in [0.25, 0.3) is 0 Å². The molecule has 0 aliphatic rings. The van der Waals surface area contributed by atoms with Gasteiger partial charge in [0.1, 0.15) is 11.9 Å². The molecule has 0 fully saturated rings.